The molecule has 6 heteroatoms. The Balaban J connectivity index is 1.85. The molecule has 1 N–H and O–H groups in total. The van der Waals surface area contributed by atoms with Crippen LogP contribution in [0.25, 0.3) is 17.2 Å². The molecule has 0 bridgehead atoms. The molecule has 3 aromatic rings. The normalized spacial score (nSPS) is 11.6. The Hall–Kier alpha value is -3.43. The summed E-state index contributed by atoms with van der Waals surface area (Å²) in [5.41, 5.74) is 2.78. The minimum atomic E-state index is -4.07. The van der Waals surface area contributed by atoms with Crippen LogP contribution >= 0.6 is 0 Å². The molecule has 0 saturated carbocycles. The first-order valence-corrected chi connectivity index (χ1v) is 9.52. The van der Waals surface area contributed by atoms with Crippen molar-refractivity contribution in [3.8, 4) is 17.2 Å². The van der Waals surface area contributed by atoms with E-state index in [1.807, 2.05) is 42.5 Å². The molecule has 0 aliphatic rings. The Labute approximate surface area is 157 Å². The van der Waals surface area contributed by atoms with Crippen LogP contribution in [-0.2, 0) is 10.0 Å². The highest BCUT2D eigenvalue weighted by Crippen LogP contribution is 2.21. The molecule has 27 heavy (non-hydrogen) atoms. The summed E-state index contributed by atoms with van der Waals surface area (Å²) in [6.07, 6.45) is 1.29. The van der Waals surface area contributed by atoms with Crippen LogP contribution in [0.4, 0.5) is 10.1 Å². The second kappa shape index (κ2) is 7.85. The number of nitriles is 1. The van der Waals surface area contributed by atoms with Gasteiger partial charge in [-0.05, 0) is 47.0 Å². The van der Waals surface area contributed by atoms with E-state index in [1.165, 1.54) is 18.2 Å². The highest BCUT2D eigenvalue weighted by atomic mass is 32.2. The maximum absolute atomic E-state index is 12.9. The fraction of sp³-hybridized carbons (Fsp3) is 0. The van der Waals surface area contributed by atoms with Gasteiger partial charge in [-0.25, -0.2) is 12.8 Å². The third kappa shape index (κ3) is 4.60. The second-order valence-electron chi connectivity index (χ2n) is 5.72. The number of hydrogen-bond donors (Lipinski definition) is 1. The van der Waals surface area contributed by atoms with Crippen molar-refractivity contribution in [1.82, 2.24) is 0 Å². The molecule has 0 aromatic heterocycles. The van der Waals surface area contributed by atoms with Crippen LogP contribution in [0, 0.1) is 17.1 Å². The van der Waals surface area contributed by atoms with Crippen LogP contribution in [0.3, 0.4) is 0 Å². The van der Waals surface area contributed by atoms with Crippen molar-refractivity contribution in [2.75, 3.05) is 4.72 Å². The molecule has 0 saturated heterocycles. The van der Waals surface area contributed by atoms with Crippen LogP contribution in [0.2, 0.25) is 0 Å². The number of anilines is 1. The van der Waals surface area contributed by atoms with Crippen molar-refractivity contribution in [2.24, 2.45) is 0 Å². The first-order valence-electron chi connectivity index (χ1n) is 8.03. The maximum Gasteiger partial charge on any atom is 0.272 e. The van der Waals surface area contributed by atoms with Crippen LogP contribution in [-0.4, -0.2) is 8.42 Å². The third-order valence-corrected chi connectivity index (χ3v) is 5.10. The van der Waals surface area contributed by atoms with Crippen LogP contribution in [0.5, 0.6) is 0 Å². The largest absolute Gasteiger partial charge is 0.279 e. The molecule has 4 nitrogen and oxygen atoms in total. The van der Waals surface area contributed by atoms with Gasteiger partial charge in [0.25, 0.3) is 10.0 Å². The minimum absolute atomic E-state index is 0.178. The highest BCUT2D eigenvalue weighted by Gasteiger charge is 2.17. The van der Waals surface area contributed by atoms with Gasteiger partial charge >= 0.3 is 0 Å². The molecule has 0 radical (unpaired) electrons. The van der Waals surface area contributed by atoms with E-state index in [0.717, 1.165) is 23.3 Å². The Morgan fingerprint density at radius 2 is 1.48 bits per heavy atom. The molecule has 0 aliphatic heterocycles. The smallest absolute Gasteiger partial charge is 0.272 e. The lowest BCUT2D eigenvalue weighted by Crippen LogP contribution is -2.14. The maximum atomic E-state index is 12.9. The summed E-state index contributed by atoms with van der Waals surface area (Å²) < 4.78 is 40.0. The molecule has 3 rings (SSSR count). The first kappa shape index (κ1) is 18.4. The van der Waals surface area contributed by atoms with Gasteiger partial charge < -0.3 is 0 Å². The van der Waals surface area contributed by atoms with E-state index in [2.05, 4.69) is 4.72 Å². The zero-order valence-corrected chi connectivity index (χ0v) is 14.9. The van der Waals surface area contributed by atoms with Gasteiger partial charge in [0.2, 0.25) is 0 Å². The fourth-order valence-corrected chi connectivity index (χ4v) is 3.42. The molecule has 3 aromatic carbocycles. The van der Waals surface area contributed by atoms with Crippen molar-refractivity contribution in [1.29, 1.82) is 5.26 Å². The topological polar surface area (TPSA) is 70.0 Å². The molecule has 0 spiro atoms. The van der Waals surface area contributed by atoms with Gasteiger partial charge in [0.15, 0.2) is 4.91 Å². The number of hydrogen-bond acceptors (Lipinski definition) is 3. The molecule has 0 heterocycles. The third-order valence-electron chi connectivity index (χ3n) is 3.81. The second-order valence-corrected chi connectivity index (χ2v) is 7.37. The average Bonchev–Trinajstić information content (AvgIpc) is 2.69. The van der Waals surface area contributed by atoms with E-state index in [1.54, 1.807) is 18.2 Å². The number of nitrogens with one attached hydrogen (secondary N) is 1. The van der Waals surface area contributed by atoms with Crippen LogP contribution < -0.4 is 4.72 Å². The van der Waals surface area contributed by atoms with E-state index >= 15 is 0 Å². The zero-order chi connectivity index (χ0) is 19.3. The van der Waals surface area contributed by atoms with Crippen molar-refractivity contribution in [2.45, 2.75) is 0 Å². The van der Waals surface area contributed by atoms with Gasteiger partial charge in [-0.2, -0.15) is 5.26 Å². The number of rotatable bonds is 5. The van der Waals surface area contributed by atoms with E-state index in [9.17, 15) is 18.1 Å². The van der Waals surface area contributed by atoms with Crippen molar-refractivity contribution >= 4 is 21.8 Å². The Morgan fingerprint density at radius 3 is 2.07 bits per heavy atom. The monoisotopic (exact) mass is 378 g/mol. The van der Waals surface area contributed by atoms with Gasteiger partial charge in [0.05, 0.1) is 0 Å². The van der Waals surface area contributed by atoms with Crippen molar-refractivity contribution < 1.29 is 12.8 Å². The summed E-state index contributed by atoms with van der Waals surface area (Å²) in [5, 5.41) is 9.28. The Kier molecular flexibility index (Phi) is 5.34. The predicted molar refractivity (Wildman–Crippen MR) is 104 cm³/mol. The molecule has 134 valence electrons. The summed E-state index contributed by atoms with van der Waals surface area (Å²) in [6.45, 7) is 0. The van der Waals surface area contributed by atoms with Crippen molar-refractivity contribution in [3.63, 3.8) is 0 Å². The van der Waals surface area contributed by atoms with Gasteiger partial charge in [0, 0.05) is 5.69 Å². The molecule has 0 atom stereocenters. The lowest BCUT2D eigenvalue weighted by Gasteiger charge is -2.07. The molecular weight excluding hydrogens is 363 g/mol. The Morgan fingerprint density at radius 1 is 0.889 bits per heavy atom. The number of sulfonamides is 1. The molecule has 0 aliphatic carbocycles. The molecular formula is C21H15FN2O2S. The average molecular weight is 378 g/mol. The summed E-state index contributed by atoms with van der Waals surface area (Å²) in [5.74, 6) is -0.479. The SMILES string of the molecule is N#C/C(=C/c1ccc(-c2ccccc2)cc1)S(=O)(=O)Nc1ccc(F)cc1. The van der Waals surface area contributed by atoms with E-state index < -0.39 is 20.7 Å². The van der Waals surface area contributed by atoms with E-state index in [0.29, 0.717) is 5.56 Å². The number of halogens is 1. The van der Waals surface area contributed by atoms with Gasteiger partial charge in [0.1, 0.15) is 11.9 Å². The predicted octanol–water partition coefficient (Wildman–Crippen LogP) is 4.80. The quantitative estimate of drug-likeness (QED) is 0.649. The van der Waals surface area contributed by atoms with E-state index in [-0.39, 0.29) is 5.69 Å². The first-order chi connectivity index (χ1) is 13.0. The number of nitrogens with zero attached hydrogens (tertiary/aromatic N) is 1. The molecule has 0 unspecified atom stereocenters. The van der Waals surface area contributed by atoms with Gasteiger partial charge in [-0.3, -0.25) is 4.72 Å². The van der Waals surface area contributed by atoms with Crippen molar-refractivity contribution in [3.05, 3.63) is 95.1 Å². The van der Waals surface area contributed by atoms with Gasteiger partial charge in [-0.15, -0.1) is 0 Å². The summed E-state index contributed by atoms with van der Waals surface area (Å²) in [4.78, 5) is -0.431. The molecule has 0 fully saturated rings. The summed E-state index contributed by atoms with van der Waals surface area (Å²) >= 11 is 0. The Bertz CT molecular complexity index is 1100. The fourth-order valence-electron chi connectivity index (χ4n) is 2.45. The van der Waals surface area contributed by atoms with Crippen LogP contribution in [0.1, 0.15) is 5.56 Å². The number of allylic oxidation sites excluding steroid dienone is 1. The van der Waals surface area contributed by atoms with E-state index in [4.69, 9.17) is 0 Å². The zero-order valence-electron chi connectivity index (χ0n) is 14.1. The standard InChI is InChI=1S/C21H15FN2O2S/c22-19-10-12-20(13-11-19)24-27(25,26)21(15-23)14-16-6-8-18(9-7-16)17-4-2-1-3-5-17/h1-14,24H/b21-14-. The lowest BCUT2D eigenvalue weighted by atomic mass is 10.0. The lowest BCUT2D eigenvalue weighted by molar-refractivity contribution is 0.608. The number of benzene rings is 3. The minimum Gasteiger partial charge on any atom is -0.279 e. The highest BCUT2D eigenvalue weighted by molar-refractivity contribution is 7.96. The van der Waals surface area contributed by atoms with Crippen LogP contribution in [0.15, 0.2) is 83.8 Å². The van der Waals surface area contributed by atoms with Gasteiger partial charge in [-0.1, -0.05) is 54.6 Å². The summed E-state index contributed by atoms with van der Waals surface area (Å²) in [7, 11) is -4.07. The molecule has 0 amide bonds. The summed E-state index contributed by atoms with van der Waals surface area (Å²) in [6, 6.07) is 23.5.